The van der Waals surface area contributed by atoms with Crippen molar-refractivity contribution < 1.29 is 32.2 Å². The molecule has 0 saturated heterocycles. The van der Waals surface area contributed by atoms with Gasteiger partial charge in [0, 0.05) is 5.56 Å². The van der Waals surface area contributed by atoms with Crippen molar-refractivity contribution in [1.82, 2.24) is 4.98 Å². The van der Waals surface area contributed by atoms with Gasteiger partial charge in [0.05, 0.1) is 5.69 Å². The van der Waals surface area contributed by atoms with Gasteiger partial charge in [-0.3, -0.25) is 0 Å². The minimum absolute atomic E-state index is 0.0997. The lowest BCUT2D eigenvalue weighted by Gasteiger charge is -2.13. The first-order valence-corrected chi connectivity index (χ1v) is 5.53. The summed E-state index contributed by atoms with van der Waals surface area (Å²) in [5.41, 5.74) is -1.12. The molecule has 0 saturated carbocycles. The van der Waals surface area contributed by atoms with Gasteiger partial charge in [-0.1, -0.05) is 12.1 Å². The Kier molecular flexibility index (Phi) is 3.79. The smallest absolute Gasteiger partial charge is 0.476 e. The molecule has 0 unspecified atom stereocenters. The summed E-state index contributed by atoms with van der Waals surface area (Å²) >= 11 is 0. The maximum atomic E-state index is 13.3. The maximum absolute atomic E-state index is 13.3. The Balaban J connectivity index is 2.52. The highest BCUT2D eigenvalue weighted by Gasteiger charge is 2.32. The lowest BCUT2D eigenvalue weighted by atomic mass is 10.1. The zero-order chi connectivity index (χ0) is 15.6. The SMILES string of the molecule is O=C(O)c1nc(-c2ccccc2OC(F)(F)F)ccc1F. The first kappa shape index (κ1) is 14.8. The second-order valence-electron chi connectivity index (χ2n) is 3.88. The van der Waals surface area contributed by atoms with Crippen LogP contribution in [0.2, 0.25) is 0 Å². The number of rotatable bonds is 3. The van der Waals surface area contributed by atoms with Crippen LogP contribution in [0.3, 0.4) is 0 Å². The van der Waals surface area contributed by atoms with Crippen molar-refractivity contribution >= 4 is 5.97 Å². The maximum Gasteiger partial charge on any atom is 0.573 e. The van der Waals surface area contributed by atoms with E-state index in [4.69, 9.17) is 5.11 Å². The van der Waals surface area contributed by atoms with E-state index in [1.807, 2.05) is 0 Å². The zero-order valence-electron chi connectivity index (χ0n) is 10.2. The molecule has 0 fully saturated rings. The van der Waals surface area contributed by atoms with Gasteiger partial charge in [0.15, 0.2) is 11.5 Å². The van der Waals surface area contributed by atoms with Crippen molar-refractivity contribution in [3.05, 3.63) is 47.9 Å². The van der Waals surface area contributed by atoms with Crippen LogP contribution in [0, 0.1) is 5.82 Å². The molecule has 2 rings (SSSR count). The molecule has 2 aromatic rings. The van der Waals surface area contributed by atoms with Crippen LogP contribution in [0.1, 0.15) is 10.5 Å². The number of ether oxygens (including phenoxy) is 1. The van der Waals surface area contributed by atoms with Crippen LogP contribution < -0.4 is 4.74 Å². The predicted molar refractivity (Wildman–Crippen MR) is 63.3 cm³/mol. The number of carboxylic acids is 1. The fourth-order valence-corrected chi connectivity index (χ4v) is 1.63. The molecule has 0 spiro atoms. The summed E-state index contributed by atoms with van der Waals surface area (Å²) < 4.78 is 54.0. The second kappa shape index (κ2) is 5.39. The Morgan fingerprint density at radius 2 is 1.81 bits per heavy atom. The first-order chi connectivity index (χ1) is 9.78. The van der Waals surface area contributed by atoms with Gasteiger partial charge in [0.1, 0.15) is 5.75 Å². The van der Waals surface area contributed by atoms with Gasteiger partial charge in [0.25, 0.3) is 0 Å². The minimum Gasteiger partial charge on any atom is -0.476 e. The summed E-state index contributed by atoms with van der Waals surface area (Å²) in [7, 11) is 0. The number of nitrogens with zero attached hydrogens (tertiary/aromatic N) is 1. The van der Waals surface area contributed by atoms with Crippen molar-refractivity contribution in [2.24, 2.45) is 0 Å². The van der Waals surface area contributed by atoms with Crippen LogP contribution in [0.15, 0.2) is 36.4 Å². The topological polar surface area (TPSA) is 59.4 Å². The molecule has 0 aliphatic heterocycles. The van der Waals surface area contributed by atoms with Gasteiger partial charge < -0.3 is 9.84 Å². The van der Waals surface area contributed by atoms with Crippen LogP contribution in [0.25, 0.3) is 11.3 Å². The quantitative estimate of drug-likeness (QED) is 0.882. The molecule has 0 atom stereocenters. The number of para-hydroxylation sites is 1. The fourth-order valence-electron chi connectivity index (χ4n) is 1.63. The van der Waals surface area contributed by atoms with E-state index < -0.39 is 29.6 Å². The highest BCUT2D eigenvalue weighted by atomic mass is 19.4. The minimum atomic E-state index is -4.91. The number of benzene rings is 1. The van der Waals surface area contributed by atoms with Gasteiger partial charge in [-0.25, -0.2) is 14.2 Å². The van der Waals surface area contributed by atoms with Gasteiger partial charge in [-0.05, 0) is 24.3 Å². The molecule has 4 nitrogen and oxygen atoms in total. The average molecular weight is 301 g/mol. The number of carboxylic acid groups (broad SMARTS) is 1. The molecule has 0 aliphatic carbocycles. The van der Waals surface area contributed by atoms with Gasteiger partial charge in [-0.15, -0.1) is 13.2 Å². The van der Waals surface area contributed by atoms with E-state index in [9.17, 15) is 22.4 Å². The van der Waals surface area contributed by atoms with E-state index in [-0.39, 0.29) is 11.3 Å². The molecule has 0 amide bonds. The summed E-state index contributed by atoms with van der Waals surface area (Å²) in [6.45, 7) is 0. The normalized spacial score (nSPS) is 11.2. The van der Waals surface area contributed by atoms with E-state index >= 15 is 0 Å². The number of hydrogen-bond acceptors (Lipinski definition) is 3. The molecular weight excluding hydrogens is 294 g/mol. The van der Waals surface area contributed by atoms with Crippen molar-refractivity contribution in [3.8, 4) is 17.0 Å². The van der Waals surface area contributed by atoms with Crippen LogP contribution in [0.5, 0.6) is 5.75 Å². The highest BCUT2D eigenvalue weighted by molar-refractivity contribution is 5.86. The number of alkyl halides is 3. The monoisotopic (exact) mass is 301 g/mol. The lowest BCUT2D eigenvalue weighted by Crippen LogP contribution is -2.17. The van der Waals surface area contributed by atoms with Crippen molar-refractivity contribution in [3.63, 3.8) is 0 Å². The van der Waals surface area contributed by atoms with E-state index in [1.54, 1.807) is 0 Å². The number of carbonyl (C=O) groups is 1. The molecule has 21 heavy (non-hydrogen) atoms. The predicted octanol–water partition coefficient (Wildman–Crippen LogP) is 3.48. The Labute approximate surface area is 115 Å². The van der Waals surface area contributed by atoms with E-state index in [0.29, 0.717) is 0 Å². The molecule has 0 radical (unpaired) electrons. The molecule has 8 heteroatoms. The Morgan fingerprint density at radius 3 is 2.43 bits per heavy atom. The summed E-state index contributed by atoms with van der Waals surface area (Å²) in [5.74, 6) is -3.26. The molecule has 0 aliphatic rings. The second-order valence-corrected chi connectivity index (χ2v) is 3.88. The molecular formula is C13H7F4NO3. The van der Waals surface area contributed by atoms with Crippen molar-refractivity contribution in [2.75, 3.05) is 0 Å². The summed E-state index contributed by atoms with van der Waals surface area (Å²) in [6, 6.07) is 6.92. The van der Waals surface area contributed by atoms with Crippen LogP contribution >= 0.6 is 0 Å². The summed E-state index contributed by atoms with van der Waals surface area (Å²) in [6.07, 6.45) is -4.91. The molecule has 110 valence electrons. The van der Waals surface area contributed by atoms with Crippen LogP contribution in [-0.2, 0) is 0 Å². The molecule has 1 N–H and O–H groups in total. The molecule has 1 aromatic heterocycles. The lowest BCUT2D eigenvalue weighted by molar-refractivity contribution is -0.274. The zero-order valence-corrected chi connectivity index (χ0v) is 10.2. The number of pyridine rings is 1. The number of aromatic nitrogens is 1. The summed E-state index contributed by atoms with van der Waals surface area (Å²) in [5, 5.41) is 8.78. The molecule has 1 heterocycles. The van der Waals surface area contributed by atoms with Crippen LogP contribution in [-0.4, -0.2) is 22.4 Å². The van der Waals surface area contributed by atoms with E-state index in [2.05, 4.69) is 9.72 Å². The average Bonchev–Trinajstić information content (AvgIpc) is 2.38. The third-order valence-electron chi connectivity index (χ3n) is 2.44. The third kappa shape index (κ3) is 3.47. The number of hydrogen-bond donors (Lipinski definition) is 1. The molecule has 0 bridgehead atoms. The standard InChI is InChI=1S/C13H7F4NO3/c14-8-5-6-9(18-11(8)12(19)20)7-3-1-2-4-10(7)21-13(15,16)17/h1-6H,(H,19,20). The van der Waals surface area contributed by atoms with Gasteiger partial charge in [-0.2, -0.15) is 0 Å². The Hall–Kier alpha value is -2.64. The Morgan fingerprint density at radius 1 is 1.14 bits per heavy atom. The van der Waals surface area contributed by atoms with Gasteiger partial charge >= 0.3 is 12.3 Å². The number of halogens is 4. The summed E-state index contributed by atoms with van der Waals surface area (Å²) in [4.78, 5) is 14.3. The van der Waals surface area contributed by atoms with E-state index in [0.717, 1.165) is 18.2 Å². The largest absolute Gasteiger partial charge is 0.573 e. The fraction of sp³-hybridized carbons (Fsp3) is 0.0769. The van der Waals surface area contributed by atoms with Crippen molar-refractivity contribution in [1.29, 1.82) is 0 Å². The third-order valence-corrected chi connectivity index (χ3v) is 2.44. The Bertz CT molecular complexity index is 685. The molecule has 1 aromatic carbocycles. The highest BCUT2D eigenvalue weighted by Crippen LogP contribution is 2.32. The van der Waals surface area contributed by atoms with Crippen molar-refractivity contribution in [2.45, 2.75) is 6.36 Å². The van der Waals surface area contributed by atoms with Gasteiger partial charge in [0.2, 0.25) is 0 Å². The number of aromatic carboxylic acids is 1. The first-order valence-electron chi connectivity index (χ1n) is 5.53. The van der Waals surface area contributed by atoms with E-state index in [1.165, 1.54) is 18.2 Å². The van der Waals surface area contributed by atoms with Crippen LogP contribution in [0.4, 0.5) is 17.6 Å².